The third-order valence-electron chi connectivity index (χ3n) is 4.08. The van der Waals surface area contributed by atoms with Gasteiger partial charge >= 0.3 is 12.0 Å². The van der Waals surface area contributed by atoms with Gasteiger partial charge in [-0.05, 0) is 43.4 Å². The standard InChI is InChI=1S/C16H22N2O3/c1-10-5-3-6-12(9-10)17-16(21)18-14-8-4-7-13(11(14)2)15(19)20/h4,7-8,10,12H,3,5-6,9H2,1-2H3,(H,19,20)(H2,17,18,21). The van der Waals surface area contributed by atoms with Crippen LogP contribution in [-0.2, 0) is 0 Å². The quantitative estimate of drug-likeness (QED) is 0.798. The van der Waals surface area contributed by atoms with Gasteiger partial charge in [-0.1, -0.05) is 25.8 Å². The lowest BCUT2D eigenvalue weighted by Crippen LogP contribution is -2.40. The Morgan fingerprint density at radius 3 is 2.71 bits per heavy atom. The molecule has 114 valence electrons. The van der Waals surface area contributed by atoms with Crippen molar-refractivity contribution in [2.75, 3.05) is 5.32 Å². The number of benzene rings is 1. The largest absolute Gasteiger partial charge is 0.478 e. The average molecular weight is 290 g/mol. The highest BCUT2D eigenvalue weighted by Crippen LogP contribution is 2.24. The van der Waals surface area contributed by atoms with Gasteiger partial charge in [0.25, 0.3) is 0 Å². The van der Waals surface area contributed by atoms with Crippen LogP contribution in [0.4, 0.5) is 10.5 Å². The lowest BCUT2D eigenvalue weighted by Gasteiger charge is -2.27. The van der Waals surface area contributed by atoms with Crippen molar-refractivity contribution in [1.29, 1.82) is 0 Å². The lowest BCUT2D eigenvalue weighted by molar-refractivity contribution is 0.0696. The summed E-state index contributed by atoms with van der Waals surface area (Å²) < 4.78 is 0. The smallest absolute Gasteiger partial charge is 0.336 e. The van der Waals surface area contributed by atoms with Gasteiger partial charge in [0.15, 0.2) is 0 Å². The fourth-order valence-electron chi connectivity index (χ4n) is 2.91. The molecule has 0 saturated heterocycles. The zero-order chi connectivity index (χ0) is 15.4. The molecule has 0 heterocycles. The summed E-state index contributed by atoms with van der Waals surface area (Å²) in [7, 11) is 0. The van der Waals surface area contributed by atoms with E-state index < -0.39 is 5.97 Å². The van der Waals surface area contributed by atoms with Crippen LogP contribution in [0.1, 0.15) is 48.5 Å². The monoisotopic (exact) mass is 290 g/mol. The highest BCUT2D eigenvalue weighted by Gasteiger charge is 2.20. The molecule has 21 heavy (non-hydrogen) atoms. The number of carboxylic acid groups (broad SMARTS) is 1. The molecule has 0 bridgehead atoms. The van der Waals surface area contributed by atoms with E-state index in [4.69, 9.17) is 5.11 Å². The molecule has 1 aromatic carbocycles. The molecule has 2 amide bonds. The van der Waals surface area contributed by atoms with E-state index in [1.807, 2.05) is 0 Å². The predicted molar refractivity (Wildman–Crippen MR) is 81.7 cm³/mol. The van der Waals surface area contributed by atoms with Gasteiger partial charge in [-0.25, -0.2) is 9.59 Å². The summed E-state index contributed by atoms with van der Waals surface area (Å²) in [5, 5.41) is 14.8. The van der Waals surface area contributed by atoms with Gasteiger partial charge in [0.2, 0.25) is 0 Å². The van der Waals surface area contributed by atoms with Gasteiger partial charge in [-0.3, -0.25) is 0 Å². The number of carbonyl (C=O) groups is 2. The van der Waals surface area contributed by atoms with Crippen LogP contribution in [-0.4, -0.2) is 23.1 Å². The number of aromatic carboxylic acids is 1. The highest BCUT2D eigenvalue weighted by atomic mass is 16.4. The summed E-state index contributed by atoms with van der Waals surface area (Å²) in [6.07, 6.45) is 4.37. The Kier molecular flexibility index (Phi) is 4.83. The lowest BCUT2D eigenvalue weighted by atomic mass is 9.87. The van der Waals surface area contributed by atoms with Gasteiger partial charge in [0.05, 0.1) is 5.56 Å². The van der Waals surface area contributed by atoms with Crippen LogP contribution in [0.15, 0.2) is 18.2 Å². The molecule has 1 saturated carbocycles. The van der Waals surface area contributed by atoms with Gasteiger partial charge in [0, 0.05) is 11.7 Å². The molecule has 0 spiro atoms. The van der Waals surface area contributed by atoms with E-state index in [-0.39, 0.29) is 17.6 Å². The Balaban J connectivity index is 1.99. The number of anilines is 1. The number of nitrogens with one attached hydrogen (secondary N) is 2. The minimum atomic E-state index is -0.988. The summed E-state index contributed by atoms with van der Waals surface area (Å²) in [5.41, 5.74) is 1.31. The predicted octanol–water partition coefficient (Wildman–Crippen LogP) is 3.39. The maximum Gasteiger partial charge on any atom is 0.336 e. The van der Waals surface area contributed by atoms with Crippen molar-refractivity contribution in [3.63, 3.8) is 0 Å². The molecular formula is C16H22N2O3. The Labute approximate surface area is 124 Å². The SMILES string of the molecule is Cc1c(NC(=O)NC2CCCC(C)C2)cccc1C(=O)O. The van der Waals surface area contributed by atoms with E-state index >= 15 is 0 Å². The zero-order valence-corrected chi connectivity index (χ0v) is 12.5. The van der Waals surface area contributed by atoms with E-state index in [2.05, 4.69) is 17.6 Å². The van der Waals surface area contributed by atoms with Gasteiger partial charge in [-0.15, -0.1) is 0 Å². The Morgan fingerprint density at radius 1 is 1.29 bits per heavy atom. The average Bonchev–Trinajstić information content (AvgIpc) is 2.40. The van der Waals surface area contributed by atoms with Crippen LogP contribution in [0.5, 0.6) is 0 Å². The van der Waals surface area contributed by atoms with E-state index in [9.17, 15) is 9.59 Å². The molecule has 2 unspecified atom stereocenters. The van der Waals surface area contributed by atoms with Crippen LogP contribution in [0.2, 0.25) is 0 Å². The van der Waals surface area contributed by atoms with E-state index in [1.165, 1.54) is 12.5 Å². The zero-order valence-electron chi connectivity index (χ0n) is 12.5. The molecule has 1 aliphatic carbocycles. The minimum absolute atomic E-state index is 0.205. The second-order valence-electron chi connectivity index (χ2n) is 5.85. The van der Waals surface area contributed by atoms with Gasteiger partial charge in [-0.2, -0.15) is 0 Å². The van der Waals surface area contributed by atoms with Crippen molar-refractivity contribution in [1.82, 2.24) is 5.32 Å². The second kappa shape index (κ2) is 6.61. The normalized spacial score (nSPS) is 21.6. The number of carbonyl (C=O) groups excluding carboxylic acids is 1. The molecular weight excluding hydrogens is 268 g/mol. The van der Waals surface area contributed by atoms with E-state index in [0.29, 0.717) is 17.2 Å². The highest BCUT2D eigenvalue weighted by molar-refractivity contribution is 5.95. The summed E-state index contributed by atoms with van der Waals surface area (Å²) in [5.74, 6) is -0.348. The number of carboxylic acids is 1. The van der Waals surface area contributed by atoms with Crippen LogP contribution in [0, 0.1) is 12.8 Å². The van der Waals surface area contributed by atoms with Gasteiger partial charge < -0.3 is 15.7 Å². The first-order chi connectivity index (χ1) is 9.97. The number of urea groups is 1. The van der Waals surface area contributed by atoms with Crippen molar-refractivity contribution < 1.29 is 14.7 Å². The van der Waals surface area contributed by atoms with Crippen molar-refractivity contribution in [3.05, 3.63) is 29.3 Å². The Morgan fingerprint density at radius 2 is 2.05 bits per heavy atom. The molecule has 0 radical (unpaired) electrons. The summed E-state index contributed by atoms with van der Waals surface area (Å²) in [6, 6.07) is 4.82. The summed E-state index contributed by atoms with van der Waals surface area (Å²) >= 11 is 0. The molecule has 5 heteroatoms. The first-order valence-corrected chi connectivity index (χ1v) is 7.37. The fourth-order valence-corrected chi connectivity index (χ4v) is 2.91. The molecule has 1 aliphatic rings. The summed E-state index contributed by atoms with van der Waals surface area (Å²) in [4.78, 5) is 23.1. The van der Waals surface area contributed by atoms with Crippen LogP contribution in [0.25, 0.3) is 0 Å². The molecule has 3 N–H and O–H groups in total. The van der Waals surface area contributed by atoms with Crippen molar-refractivity contribution in [2.45, 2.75) is 45.6 Å². The summed E-state index contributed by atoms with van der Waals surface area (Å²) in [6.45, 7) is 3.90. The number of hydrogen-bond acceptors (Lipinski definition) is 2. The molecule has 0 aliphatic heterocycles. The molecule has 2 rings (SSSR count). The van der Waals surface area contributed by atoms with Crippen molar-refractivity contribution in [2.24, 2.45) is 5.92 Å². The maximum atomic E-state index is 12.1. The molecule has 5 nitrogen and oxygen atoms in total. The third-order valence-corrected chi connectivity index (χ3v) is 4.08. The molecule has 0 aromatic heterocycles. The van der Waals surface area contributed by atoms with Crippen LogP contribution < -0.4 is 10.6 Å². The molecule has 2 atom stereocenters. The first kappa shape index (κ1) is 15.4. The molecule has 1 fully saturated rings. The number of rotatable bonds is 3. The second-order valence-corrected chi connectivity index (χ2v) is 5.85. The van der Waals surface area contributed by atoms with E-state index in [1.54, 1.807) is 19.1 Å². The van der Waals surface area contributed by atoms with Crippen LogP contribution >= 0.6 is 0 Å². The minimum Gasteiger partial charge on any atom is -0.478 e. The fraction of sp³-hybridized carbons (Fsp3) is 0.500. The molecule has 1 aromatic rings. The van der Waals surface area contributed by atoms with Gasteiger partial charge in [0.1, 0.15) is 0 Å². The maximum absolute atomic E-state index is 12.1. The van der Waals surface area contributed by atoms with Crippen molar-refractivity contribution >= 4 is 17.7 Å². The third kappa shape index (κ3) is 3.97. The number of amides is 2. The topological polar surface area (TPSA) is 78.4 Å². The van der Waals surface area contributed by atoms with E-state index in [0.717, 1.165) is 19.3 Å². The number of hydrogen-bond donors (Lipinski definition) is 3. The van der Waals surface area contributed by atoms with Crippen molar-refractivity contribution in [3.8, 4) is 0 Å². The Hall–Kier alpha value is -2.04. The first-order valence-electron chi connectivity index (χ1n) is 7.37. The van der Waals surface area contributed by atoms with Crippen LogP contribution in [0.3, 0.4) is 0 Å². The Bertz CT molecular complexity index is 542.